The van der Waals surface area contributed by atoms with E-state index in [2.05, 4.69) is 15.3 Å². The van der Waals surface area contributed by atoms with Gasteiger partial charge in [0.05, 0.1) is 35.3 Å². The lowest BCUT2D eigenvalue weighted by molar-refractivity contribution is -0.141. The molecule has 3 aromatic heterocycles. The molecule has 0 saturated carbocycles. The van der Waals surface area contributed by atoms with Gasteiger partial charge in [-0.15, -0.1) is 11.3 Å². The van der Waals surface area contributed by atoms with Crippen molar-refractivity contribution in [2.75, 3.05) is 26.7 Å². The topological polar surface area (TPSA) is 89.3 Å². The van der Waals surface area contributed by atoms with Crippen LogP contribution in [0.25, 0.3) is 33.6 Å². The fourth-order valence-electron chi connectivity index (χ4n) is 5.32. The zero-order valence-electron chi connectivity index (χ0n) is 25.7. The van der Waals surface area contributed by atoms with Gasteiger partial charge in [-0.3, -0.25) is 19.1 Å². The van der Waals surface area contributed by atoms with Crippen LogP contribution in [0.3, 0.4) is 0 Å². The second kappa shape index (κ2) is 13.0. The Hall–Kier alpha value is -4.29. The molecule has 0 spiro atoms. The fourth-order valence-corrected chi connectivity index (χ4v) is 6.15. The van der Waals surface area contributed by atoms with Gasteiger partial charge < -0.3 is 15.0 Å². The average molecular weight is 638 g/mol. The second-order valence-corrected chi connectivity index (χ2v) is 12.0. The fraction of sp³-hybridized carbons (Fsp3) is 0.333. The van der Waals surface area contributed by atoms with Gasteiger partial charge in [-0.25, -0.2) is 4.98 Å². The van der Waals surface area contributed by atoms with Crippen LogP contribution < -0.4 is 15.6 Å². The Labute approximate surface area is 263 Å². The normalized spacial score (nSPS) is 15.2. The second-order valence-electron chi connectivity index (χ2n) is 11.1. The molecule has 0 radical (unpaired) electrons. The van der Waals surface area contributed by atoms with Crippen molar-refractivity contribution in [3.05, 3.63) is 86.4 Å². The molecule has 4 aromatic rings. The summed E-state index contributed by atoms with van der Waals surface area (Å²) in [6.45, 7) is 9.46. The number of ether oxygens (including phenoxy) is 1. The maximum atomic E-state index is 14.5. The van der Waals surface area contributed by atoms with Gasteiger partial charge in [-0.05, 0) is 63.1 Å². The number of carbonyl (C=O) groups is 1. The lowest BCUT2D eigenvalue weighted by atomic mass is 10.0. The van der Waals surface area contributed by atoms with Crippen molar-refractivity contribution in [3.63, 3.8) is 0 Å². The number of carbonyl (C=O) groups excluding carboxylic acids is 1. The number of aryl methyl sites for hydroxylation is 1. The Morgan fingerprint density at radius 1 is 1.20 bits per heavy atom. The summed E-state index contributed by atoms with van der Waals surface area (Å²) in [5.74, 6) is 0.341. The summed E-state index contributed by atoms with van der Waals surface area (Å²) in [5.41, 5.74) is 2.71. The molecule has 12 heteroatoms. The van der Waals surface area contributed by atoms with Crippen molar-refractivity contribution >= 4 is 23.3 Å². The molecule has 1 aliphatic heterocycles. The number of hydrogen-bond acceptors (Lipinski definition) is 7. The molecule has 1 aromatic carbocycles. The predicted octanol–water partition coefficient (Wildman–Crippen LogP) is 6.47. The highest BCUT2D eigenvalue weighted by Gasteiger charge is 2.32. The standard InChI is InChI=1S/C33H34F3N5O3S/c1-6-21-7-9-23(44-5)14-27(21)41-28(13-19(2)3)24(31(42)40-12-11-37-20(4)17-40)15-25(32(41)43)30-39-26(18-45-30)22-8-10-29(38-16-22)33(34,35)36/h7-10,13-16,18,20,37H,6,11-12,17H2,1-5H3/t20-/m0/s1. The quantitative estimate of drug-likeness (QED) is 0.250. The maximum absolute atomic E-state index is 14.5. The predicted molar refractivity (Wildman–Crippen MR) is 170 cm³/mol. The van der Waals surface area contributed by atoms with Crippen molar-refractivity contribution in [1.82, 2.24) is 24.8 Å². The highest BCUT2D eigenvalue weighted by molar-refractivity contribution is 7.13. The Kier molecular flexibility index (Phi) is 9.26. The van der Waals surface area contributed by atoms with Gasteiger partial charge in [0.1, 0.15) is 16.5 Å². The van der Waals surface area contributed by atoms with E-state index in [9.17, 15) is 22.8 Å². The number of piperazine rings is 1. The zero-order chi connectivity index (χ0) is 32.5. The lowest BCUT2D eigenvalue weighted by Crippen LogP contribution is -2.51. The van der Waals surface area contributed by atoms with Crippen LogP contribution in [0.15, 0.2) is 58.3 Å². The third kappa shape index (κ3) is 6.71. The van der Waals surface area contributed by atoms with E-state index in [4.69, 9.17) is 4.74 Å². The first-order valence-corrected chi connectivity index (χ1v) is 15.4. The summed E-state index contributed by atoms with van der Waals surface area (Å²) < 4.78 is 46.3. The van der Waals surface area contributed by atoms with Crippen molar-refractivity contribution < 1.29 is 22.7 Å². The number of pyridine rings is 2. The number of rotatable bonds is 7. The van der Waals surface area contributed by atoms with E-state index < -0.39 is 11.9 Å². The van der Waals surface area contributed by atoms with Gasteiger partial charge in [-0.2, -0.15) is 13.2 Å². The first-order chi connectivity index (χ1) is 21.4. The van der Waals surface area contributed by atoms with Crippen molar-refractivity contribution in [2.45, 2.75) is 46.3 Å². The number of allylic oxidation sites excluding steroid dienone is 1. The molecule has 0 bridgehead atoms. The van der Waals surface area contributed by atoms with Crippen LogP contribution in [0.4, 0.5) is 13.2 Å². The number of benzene rings is 1. The van der Waals surface area contributed by atoms with Crippen LogP contribution in [0, 0.1) is 0 Å². The highest BCUT2D eigenvalue weighted by Crippen LogP contribution is 2.33. The van der Waals surface area contributed by atoms with Crippen LogP contribution in [-0.4, -0.2) is 58.1 Å². The molecule has 5 rings (SSSR count). The van der Waals surface area contributed by atoms with Gasteiger partial charge in [-0.1, -0.05) is 18.6 Å². The molecular formula is C33H34F3N5O3S. The van der Waals surface area contributed by atoms with Crippen molar-refractivity contribution in [3.8, 4) is 33.3 Å². The largest absolute Gasteiger partial charge is 0.497 e. The third-order valence-corrected chi connectivity index (χ3v) is 8.42. The molecule has 4 heterocycles. The Morgan fingerprint density at radius 2 is 1.98 bits per heavy atom. The Bertz CT molecular complexity index is 1810. The first kappa shape index (κ1) is 32.1. The summed E-state index contributed by atoms with van der Waals surface area (Å²) in [6, 6.07) is 9.42. The van der Waals surface area contributed by atoms with E-state index in [0.29, 0.717) is 65.0 Å². The van der Waals surface area contributed by atoms with Crippen LogP contribution in [-0.2, 0) is 12.6 Å². The van der Waals surface area contributed by atoms with Crippen LogP contribution in [0.2, 0.25) is 0 Å². The summed E-state index contributed by atoms with van der Waals surface area (Å²) in [5, 5.41) is 5.35. The Balaban J connectivity index is 1.76. The molecule has 1 saturated heterocycles. The highest BCUT2D eigenvalue weighted by atomic mass is 32.1. The average Bonchev–Trinajstić information content (AvgIpc) is 3.50. The molecule has 236 valence electrons. The number of alkyl halides is 3. The summed E-state index contributed by atoms with van der Waals surface area (Å²) in [6.07, 6.45) is -0.996. The third-order valence-electron chi connectivity index (χ3n) is 7.55. The molecule has 0 unspecified atom stereocenters. The number of nitrogens with one attached hydrogen (secondary N) is 1. The van der Waals surface area contributed by atoms with Gasteiger partial charge in [0.15, 0.2) is 0 Å². The minimum atomic E-state index is -4.56. The minimum Gasteiger partial charge on any atom is -0.497 e. The monoisotopic (exact) mass is 637 g/mol. The molecule has 1 N–H and O–H groups in total. The summed E-state index contributed by atoms with van der Waals surface area (Å²) in [4.78, 5) is 38.8. The van der Waals surface area contributed by atoms with E-state index in [0.717, 1.165) is 23.4 Å². The number of methoxy groups -OCH3 is 1. The molecule has 1 aliphatic rings. The number of aromatic nitrogens is 3. The summed E-state index contributed by atoms with van der Waals surface area (Å²) >= 11 is 1.17. The number of nitrogens with zero attached hydrogens (tertiary/aromatic N) is 4. The first-order valence-electron chi connectivity index (χ1n) is 14.6. The van der Waals surface area contributed by atoms with Crippen LogP contribution in [0.1, 0.15) is 55.0 Å². The maximum Gasteiger partial charge on any atom is 0.433 e. The SMILES string of the molecule is CCc1ccc(OC)cc1-n1c(C=C(C)C)c(C(=O)N2CCN[C@@H](C)C2)cc(-c2nc(-c3ccc(C(F)(F)F)nc3)cs2)c1=O. The van der Waals surface area contributed by atoms with Crippen molar-refractivity contribution in [1.29, 1.82) is 0 Å². The number of thiazole rings is 1. The zero-order valence-corrected chi connectivity index (χ0v) is 26.5. The van der Waals surface area contributed by atoms with E-state index in [-0.39, 0.29) is 23.1 Å². The molecule has 1 fully saturated rings. The van der Waals surface area contributed by atoms with Gasteiger partial charge in [0, 0.05) is 48.9 Å². The van der Waals surface area contributed by atoms with Gasteiger partial charge in [0.2, 0.25) is 0 Å². The van der Waals surface area contributed by atoms with Gasteiger partial charge in [0.25, 0.3) is 11.5 Å². The molecule has 8 nitrogen and oxygen atoms in total. The van der Waals surface area contributed by atoms with E-state index in [1.165, 1.54) is 17.4 Å². The number of hydrogen-bond donors (Lipinski definition) is 1. The van der Waals surface area contributed by atoms with E-state index >= 15 is 0 Å². The van der Waals surface area contributed by atoms with Crippen LogP contribution >= 0.6 is 11.3 Å². The van der Waals surface area contributed by atoms with Crippen LogP contribution in [0.5, 0.6) is 5.75 Å². The smallest absolute Gasteiger partial charge is 0.433 e. The number of amides is 1. The molecule has 1 atom stereocenters. The van der Waals surface area contributed by atoms with E-state index in [1.54, 1.807) is 34.1 Å². The lowest BCUT2D eigenvalue weighted by Gasteiger charge is -2.32. The molecule has 1 amide bonds. The van der Waals surface area contributed by atoms with E-state index in [1.807, 2.05) is 45.9 Å². The van der Waals surface area contributed by atoms with Crippen molar-refractivity contribution in [2.24, 2.45) is 0 Å². The van der Waals surface area contributed by atoms with Gasteiger partial charge >= 0.3 is 6.18 Å². The summed E-state index contributed by atoms with van der Waals surface area (Å²) in [7, 11) is 1.55. The Morgan fingerprint density at radius 3 is 2.60 bits per heavy atom. The number of halogens is 3. The molecular weight excluding hydrogens is 603 g/mol. The molecule has 45 heavy (non-hydrogen) atoms. The minimum absolute atomic E-state index is 0.101. The molecule has 0 aliphatic carbocycles.